The van der Waals surface area contributed by atoms with Crippen LogP contribution in [-0.4, -0.2) is 18.1 Å². The Morgan fingerprint density at radius 2 is 2.12 bits per heavy atom. The van der Waals surface area contributed by atoms with Crippen LogP contribution >= 0.6 is 0 Å². The Kier molecular flexibility index (Phi) is 4.21. The third-order valence-electron chi connectivity index (χ3n) is 3.46. The fourth-order valence-electron chi connectivity index (χ4n) is 2.36. The largest absolute Gasteiger partial charge is 0.361 e. The molecular formula is C15H22N2. The molecule has 2 N–H and O–H groups in total. The summed E-state index contributed by atoms with van der Waals surface area (Å²) in [6.07, 6.45) is 7.09. The Morgan fingerprint density at radius 3 is 2.88 bits per heavy atom. The number of nitrogens with one attached hydrogen (secondary N) is 2. The van der Waals surface area contributed by atoms with Crippen LogP contribution in [0.15, 0.2) is 30.5 Å². The fraction of sp³-hybridized carbons (Fsp3) is 0.467. The molecule has 0 bridgehead atoms. The molecule has 1 atom stereocenters. The van der Waals surface area contributed by atoms with Crippen LogP contribution in [0.4, 0.5) is 0 Å². The first kappa shape index (κ1) is 12.2. The van der Waals surface area contributed by atoms with Crippen molar-refractivity contribution in [1.82, 2.24) is 10.3 Å². The maximum Gasteiger partial charge on any atom is 0.0456 e. The SMILES string of the molecule is CCCC[C@@H](Cc1c[nH]c2ccccc12)NC. The van der Waals surface area contributed by atoms with Gasteiger partial charge in [0.05, 0.1) is 0 Å². The molecule has 2 nitrogen and oxygen atoms in total. The highest BCUT2D eigenvalue weighted by Gasteiger charge is 2.10. The van der Waals surface area contributed by atoms with Crippen LogP contribution < -0.4 is 5.32 Å². The lowest BCUT2D eigenvalue weighted by Crippen LogP contribution is -2.27. The molecule has 92 valence electrons. The number of aromatic amines is 1. The molecule has 17 heavy (non-hydrogen) atoms. The van der Waals surface area contributed by atoms with Crippen LogP contribution in [-0.2, 0) is 6.42 Å². The van der Waals surface area contributed by atoms with E-state index in [1.54, 1.807) is 0 Å². The second-order valence-corrected chi connectivity index (χ2v) is 4.69. The van der Waals surface area contributed by atoms with E-state index in [0.717, 1.165) is 6.42 Å². The van der Waals surface area contributed by atoms with Gasteiger partial charge < -0.3 is 10.3 Å². The predicted octanol–water partition coefficient (Wildman–Crippen LogP) is 3.49. The molecule has 0 aliphatic heterocycles. The predicted molar refractivity (Wildman–Crippen MR) is 74.4 cm³/mol. The Labute approximate surface area is 103 Å². The lowest BCUT2D eigenvalue weighted by atomic mass is 10.0. The highest BCUT2D eigenvalue weighted by molar-refractivity contribution is 5.83. The molecule has 0 fully saturated rings. The summed E-state index contributed by atoms with van der Waals surface area (Å²) >= 11 is 0. The average Bonchev–Trinajstić information content (AvgIpc) is 2.78. The topological polar surface area (TPSA) is 27.8 Å². The van der Waals surface area contributed by atoms with Crippen molar-refractivity contribution in [2.75, 3.05) is 7.05 Å². The molecule has 1 heterocycles. The van der Waals surface area contributed by atoms with Crippen LogP contribution in [0.2, 0.25) is 0 Å². The third kappa shape index (κ3) is 2.89. The van der Waals surface area contributed by atoms with Crippen LogP contribution in [0.1, 0.15) is 31.7 Å². The van der Waals surface area contributed by atoms with Gasteiger partial charge in [-0.05, 0) is 31.5 Å². The highest BCUT2D eigenvalue weighted by Crippen LogP contribution is 2.20. The number of benzene rings is 1. The van der Waals surface area contributed by atoms with Crippen molar-refractivity contribution in [1.29, 1.82) is 0 Å². The lowest BCUT2D eigenvalue weighted by Gasteiger charge is -2.15. The van der Waals surface area contributed by atoms with Crippen molar-refractivity contribution in [2.45, 2.75) is 38.6 Å². The number of fused-ring (bicyclic) bond motifs is 1. The first-order valence-electron chi connectivity index (χ1n) is 6.57. The first-order valence-corrected chi connectivity index (χ1v) is 6.57. The molecule has 2 rings (SSSR count). The summed E-state index contributed by atoms with van der Waals surface area (Å²) in [5.41, 5.74) is 2.67. The van der Waals surface area contributed by atoms with Gasteiger partial charge in [-0.3, -0.25) is 0 Å². The van der Waals surface area contributed by atoms with Crippen molar-refractivity contribution in [3.8, 4) is 0 Å². The molecule has 1 aromatic heterocycles. The zero-order valence-electron chi connectivity index (χ0n) is 10.8. The summed E-state index contributed by atoms with van der Waals surface area (Å²) in [7, 11) is 2.06. The van der Waals surface area contributed by atoms with Gasteiger partial charge in [-0.15, -0.1) is 0 Å². The monoisotopic (exact) mass is 230 g/mol. The van der Waals surface area contributed by atoms with Crippen molar-refractivity contribution in [3.05, 3.63) is 36.0 Å². The van der Waals surface area contributed by atoms with Gasteiger partial charge in [0.25, 0.3) is 0 Å². The number of para-hydroxylation sites is 1. The maximum absolute atomic E-state index is 3.43. The molecule has 0 saturated carbocycles. The first-order chi connectivity index (χ1) is 8.35. The van der Waals surface area contributed by atoms with Crippen LogP contribution in [0, 0.1) is 0 Å². The van der Waals surface area contributed by atoms with Gasteiger partial charge in [-0.25, -0.2) is 0 Å². The molecule has 0 spiro atoms. The lowest BCUT2D eigenvalue weighted by molar-refractivity contribution is 0.499. The van der Waals surface area contributed by atoms with Gasteiger partial charge >= 0.3 is 0 Å². The normalized spacial score (nSPS) is 13.1. The molecule has 0 unspecified atom stereocenters. The average molecular weight is 230 g/mol. The van der Waals surface area contributed by atoms with Gasteiger partial charge in [-0.1, -0.05) is 38.0 Å². The van der Waals surface area contributed by atoms with E-state index in [4.69, 9.17) is 0 Å². The molecule has 2 aromatic rings. The van der Waals surface area contributed by atoms with E-state index < -0.39 is 0 Å². The smallest absolute Gasteiger partial charge is 0.0456 e. The summed E-state index contributed by atoms with van der Waals surface area (Å²) in [4.78, 5) is 3.35. The summed E-state index contributed by atoms with van der Waals surface area (Å²) in [6, 6.07) is 9.12. The van der Waals surface area contributed by atoms with Crippen molar-refractivity contribution in [3.63, 3.8) is 0 Å². The number of H-pyrrole nitrogens is 1. The molecule has 0 radical (unpaired) electrons. The summed E-state index contributed by atoms with van der Waals surface area (Å²) < 4.78 is 0. The number of rotatable bonds is 6. The minimum atomic E-state index is 0.592. The zero-order chi connectivity index (χ0) is 12.1. The quantitative estimate of drug-likeness (QED) is 0.781. The Morgan fingerprint density at radius 1 is 1.29 bits per heavy atom. The second-order valence-electron chi connectivity index (χ2n) is 4.69. The molecule has 2 heteroatoms. The van der Waals surface area contributed by atoms with E-state index in [1.165, 1.54) is 35.7 Å². The fourth-order valence-corrected chi connectivity index (χ4v) is 2.36. The Balaban J connectivity index is 2.11. The number of hydrogen-bond donors (Lipinski definition) is 2. The molecule has 0 amide bonds. The van der Waals surface area contributed by atoms with Gasteiger partial charge in [-0.2, -0.15) is 0 Å². The Bertz CT molecular complexity index is 459. The zero-order valence-corrected chi connectivity index (χ0v) is 10.8. The molecule has 0 saturated heterocycles. The van der Waals surface area contributed by atoms with E-state index in [1.807, 2.05) is 0 Å². The van der Waals surface area contributed by atoms with Crippen LogP contribution in [0.5, 0.6) is 0 Å². The van der Waals surface area contributed by atoms with Crippen LogP contribution in [0.25, 0.3) is 10.9 Å². The maximum atomic E-state index is 3.43. The molecule has 1 aromatic carbocycles. The molecule has 0 aliphatic rings. The van der Waals surface area contributed by atoms with Crippen molar-refractivity contribution < 1.29 is 0 Å². The molecule has 0 aliphatic carbocycles. The van der Waals surface area contributed by atoms with Gasteiger partial charge in [0.2, 0.25) is 0 Å². The Hall–Kier alpha value is -1.28. The number of aromatic nitrogens is 1. The summed E-state index contributed by atoms with van der Waals surface area (Å²) in [6.45, 7) is 2.25. The molecular weight excluding hydrogens is 208 g/mol. The number of unbranched alkanes of at least 4 members (excludes halogenated alkanes) is 1. The highest BCUT2D eigenvalue weighted by atomic mass is 14.9. The van der Waals surface area contributed by atoms with Crippen LogP contribution in [0.3, 0.4) is 0 Å². The van der Waals surface area contributed by atoms with E-state index in [2.05, 4.69) is 54.7 Å². The standard InChI is InChI=1S/C15H22N2/c1-3-4-7-13(16-2)10-12-11-17-15-9-6-5-8-14(12)15/h5-6,8-9,11,13,16-17H,3-4,7,10H2,1-2H3/t13-/m0/s1. The minimum absolute atomic E-state index is 0.592. The third-order valence-corrected chi connectivity index (χ3v) is 3.46. The van der Waals surface area contributed by atoms with Gasteiger partial charge in [0.1, 0.15) is 0 Å². The number of likely N-dealkylation sites (N-methyl/N-ethyl adjacent to an activating group) is 1. The van der Waals surface area contributed by atoms with E-state index >= 15 is 0 Å². The van der Waals surface area contributed by atoms with Crippen molar-refractivity contribution in [2.24, 2.45) is 0 Å². The summed E-state index contributed by atoms with van der Waals surface area (Å²) in [5.74, 6) is 0. The van der Waals surface area contributed by atoms with E-state index in [-0.39, 0.29) is 0 Å². The second kappa shape index (κ2) is 5.87. The van der Waals surface area contributed by atoms with Crippen molar-refractivity contribution >= 4 is 10.9 Å². The summed E-state index contributed by atoms with van der Waals surface area (Å²) in [5, 5.41) is 4.79. The number of hydrogen-bond acceptors (Lipinski definition) is 1. The minimum Gasteiger partial charge on any atom is -0.361 e. The van der Waals surface area contributed by atoms with Gasteiger partial charge in [0.15, 0.2) is 0 Å². The van der Waals surface area contributed by atoms with E-state index in [0.29, 0.717) is 6.04 Å². The van der Waals surface area contributed by atoms with Gasteiger partial charge in [0, 0.05) is 23.1 Å². The van der Waals surface area contributed by atoms with E-state index in [9.17, 15) is 0 Å².